The molecule has 0 atom stereocenters. The molecule has 6 heteroatoms. The maximum absolute atomic E-state index is 14.6. The first kappa shape index (κ1) is 23.7. The zero-order chi connectivity index (χ0) is 24.3. The van der Waals surface area contributed by atoms with Crippen LogP contribution in [0.15, 0.2) is 72.8 Å². The Hall–Kier alpha value is -3.48. The molecule has 0 saturated heterocycles. The number of ether oxygens (including phenoxy) is 1. The summed E-state index contributed by atoms with van der Waals surface area (Å²) in [4.78, 5) is 13.0. The van der Waals surface area contributed by atoms with Gasteiger partial charge >= 0.3 is 0 Å². The Morgan fingerprint density at radius 1 is 1.03 bits per heavy atom. The second-order valence-electron chi connectivity index (χ2n) is 9.13. The topological polar surface area (TPSA) is 77.5 Å². The van der Waals surface area contributed by atoms with E-state index in [1.165, 1.54) is 12.1 Å². The Kier molecular flexibility index (Phi) is 6.82. The number of nitrogen functional groups attached to an aromatic ring is 1. The fourth-order valence-corrected chi connectivity index (χ4v) is 4.45. The summed E-state index contributed by atoms with van der Waals surface area (Å²) in [7, 11) is 0. The lowest BCUT2D eigenvalue weighted by molar-refractivity contribution is 0.0784. The number of hydrogen-bond donors (Lipinski definition) is 2. The molecule has 1 heterocycles. The van der Waals surface area contributed by atoms with Crippen LogP contribution in [0.1, 0.15) is 41.0 Å². The molecule has 0 aliphatic heterocycles. The van der Waals surface area contributed by atoms with Crippen molar-refractivity contribution in [1.29, 1.82) is 0 Å². The van der Waals surface area contributed by atoms with Gasteiger partial charge in [-0.3, -0.25) is 4.79 Å². The number of aromatic nitrogens is 1. The number of carbonyl (C=O) groups is 1. The second-order valence-corrected chi connectivity index (χ2v) is 9.13. The fraction of sp³-hybridized carbons (Fsp3) is 0.250. The Morgan fingerprint density at radius 3 is 2.26 bits per heavy atom. The van der Waals surface area contributed by atoms with Crippen molar-refractivity contribution in [2.75, 3.05) is 18.9 Å². The molecule has 4 rings (SSSR count). The van der Waals surface area contributed by atoms with Crippen molar-refractivity contribution in [3.63, 3.8) is 0 Å². The van der Waals surface area contributed by atoms with E-state index in [1.54, 1.807) is 0 Å². The molecule has 0 unspecified atom stereocenters. The summed E-state index contributed by atoms with van der Waals surface area (Å²) >= 11 is 0. The van der Waals surface area contributed by atoms with E-state index in [9.17, 15) is 14.3 Å². The molecule has 0 aliphatic carbocycles. The number of aliphatic hydroxyl groups excluding tert-OH is 1. The Morgan fingerprint density at radius 2 is 1.65 bits per heavy atom. The maximum Gasteiger partial charge on any atom is 0.190 e. The second kappa shape index (κ2) is 9.79. The van der Waals surface area contributed by atoms with Crippen molar-refractivity contribution in [2.24, 2.45) is 0 Å². The molecule has 0 amide bonds. The normalized spacial score (nSPS) is 11.8. The van der Waals surface area contributed by atoms with Gasteiger partial charge in [-0.1, -0.05) is 74.5 Å². The molecule has 0 saturated carbocycles. The van der Waals surface area contributed by atoms with E-state index in [0.29, 0.717) is 41.9 Å². The highest BCUT2D eigenvalue weighted by molar-refractivity contribution is 6.11. The molecule has 176 valence electrons. The molecule has 0 spiro atoms. The van der Waals surface area contributed by atoms with Gasteiger partial charge in [0.15, 0.2) is 5.78 Å². The van der Waals surface area contributed by atoms with Crippen molar-refractivity contribution >= 4 is 22.4 Å². The summed E-state index contributed by atoms with van der Waals surface area (Å²) in [5.74, 6) is -0.985. The van der Waals surface area contributed by atoms with Crippen molar-refractivity contribution < 1.29 is 19.0 Å². The minimum Gasteiger partial charge on any atom is -0.396 e. The average Bonchev–Trinajstić information content (AvgIpc) is 3.14. The molecule has 34 heavy (non-hydrogen) atoms. The van der Waals surface area contributed by atoms with Gasteiger partial charge in [-0.15, -0.1) is 0 Å². The minimum absolute atomic E-state index is 0.0407. The van der Waals surface area contributed by atoms with Crippen LogP contribution in [0.4, 0.5) is 10.1 Å². The molecule has 4 aromatic rings. The van der Waals surface area contributed by atoms with E-state index in [4.69, 9.17) is 10.5 Å². The zero-order valence-electron chi connectivity index (χ0n) is 19.4. The Balaban J connectivity index is 1.84. The third kappa shape index (κ3) is 4.74. The number of rotatable bonds is 9. The number of benzene rings is 3. The highest BCUT2D eigenvalue weighted by Gasteiger charge is 2.34. The van der Waals surface area contributed by atoms with E-state index in [2.05, 4.69) is 0 Å². The molecular formula is C28H29FN2O3. The summed E-state index contributed by atoms with van der Waals surface area (Å²) in [6, 6.07) is 22.5. The van der Waals surface area contributed by atoms with E-state index in [1.807, 2.05) is 79.1 Å². The van der Waals surface area contributed by atoms with Gasteiger partial charge in [-0.05, 0) is 17.2 Å². The molecule has 0 bridgehead atoms. The monoisotopic (exact) mass is 460 g/mol. The number of aliphatic hydroxyl groups is 1. The van der Waals surface area contributed by atoms with Crippen molar-refractivity contribution in [1.82, 2.24) is 4.57 Å². The Bertz CT molecular complexity index is 1300. The smallest absolute Gasteiger partial charge is 0.190 e. The predicted octanol–water partition coefficient (Wildman–Crippen LogP) is 5.08. The number of nitrogens with zero attached hydrogens (tertiary/aromatic N) is 1. The highest BCUT2D eigenvalue weighted by Crippen LogP contribution is 2.38. The van der Waals surface area contributed by atoms with Gasteiger partial charge in [0, 0.05) is 34.7 Å². The van der Waals surface area contributed by atoms with Crippen LogP contribution in [0.2, 0.25) is 0 Å². The number of carbonyl (C=O) groups excluding carboxylic acids is 1. The lowest BCUT2D eigenvalue weighted by Crippen LogP contribution is -2.30. The van der Waals surface area contributed by atoms with E-state index in [0.717, 1.165) is 11.1 Å². The van der Waals surface area contributed by atoms with Crippen LogP contribution in [-0.4, -0.2) is 28.7 Å². The molecule has 3 N–H and O–H groups in total. The lowest BCUT2D eigenvalue weighted by Gasteiger charge is -2.28. The van der Waals surface area contributed by atoms with Crippen molar-refractivity contribution in [2.45, 2.75) is 32.4 Å². The van der Waals surface area contributed by atoms with Crippen molar-refractivity contribution in [3.05, 3.63) is 101 Å². The molecule has 1 aromatic heterocycles. The van der Waals surface area contributed by atoms with Gasteiger partial charge in [0.05, 0.1) is 24.4 Å². The third-order valence-electron chi connectivity index (χ3n) is 6.00. The van der Waals surface area contributed by atoms with E-state index in [-0.39, 0.29) is 5.69 Å². The number of nitrogens with two attached hydrogens (primary N) is 1. The standard InChI is InChI=1S/C28H29FN2O3/c1-28(2,18-34-17-20-11-7-4-8-12-20)27-26(25(33)16-32)21-13-23(30)22(29)14-24(21)31(27)15-19-9-5-3-6-10-19/h3-14,32H,15-18,30H2,1-2H3. The summed E-state index contributed by atoms with van der Waals surface area (Å²) in [6.45, 7) is 4.49. The SMILES string of the molecule is CC(C)(COCc1ccccc1)c1c(C(=O)CO)c2cc(N)c(F)cc2n1Cc1ccccc1. The number of fused-ring (bicyclic) bond motifs is 1. The number of halogens is 1. The summed E-state index contributed by atoms with van der Waals surface area (Å²) in [5.41, 5.74) is 8.85. The molecule has 0 fully saturated rings. The van der Waals surface area contributed by atoms with Gasteiger partial charge in [0.1, 0.15) is 12.4 Å². The highest BCUT2D eigenvalue weighted by atomic mass is 19.1. The lowest BCUT2D eigenvalue weighted by atomic mass is 9.85. The molecule has 5 nitrogen and oxygen atoms in total. The summed E-state index contributed by atoms with van der Waals surface area (Å²) in [5, 5.41) is 10.3. The van der Waals surface area contributed by atoms with Crippen LogP contribution >= 0.6 is 0 Å². The number of hydrogen-bond acceptors (Lipinski definition) is 4. The number of Topliss-reactive ketones (excluding diaryl/α,β-unsaturated/α-hetero) is 1. The predicted molar refractivity (Wildman–Crippen MR) is 132 cm³/mol. The van der Waals surface area contributed by atoms with Crippen LogP contribution in [0, 0.1) is 5.82 Å². The third-order valence-corrected chi connectivity index (χ3v) is 6.00. The minimum atomic E-state index is -0.657. The first-order valence-electron chi connectivity index (χ1n) is 11.2. The van der Waals surface area contributed by atoms with Gasteiger partial charge in [-0.25, -0.2) is 4.39 Å². The van der Waals surface area contributed by atoms with Crippen LogP contribution in [-0.2, 0) is 23.3 Å². The van der Waals surface area contributed by atoms with Crippen LogP contribution in [0.25, 0.3) is 10.9 Å². The first-order valence-corrected chi connectivity index (χ1v) is 11.2. The molecular weight excluding hydrogens is 431 g/mol. The van der Waals surface area contributed by atoms with Gasteiger partial charge in [0.25, 0.3) is 0 Å². The van der Waals surface area contributed by atoms with Gasteiger partial charge in [0.2, 0.25) is 0 Å². The molecule has 0 radical (unpaired) electrons. The number of anilines is 1. The molecule has 0 aliphatic rings. The largest absolute Gasteiger partial charge is 0.396 e. The fourth-order valence-electron chi connectivity index (χ4n) is 4.45. The van der Waals surface area contributed by atoms with E-state index < -0.39 is 23.6 Å². The summed E-state index contributed by atoms with van der Waals surface area (Å²) < 4.78 is 22.6. The zero-order valence-corrected chi connectivity index (χ0v) is 19.4. The van der Waals surface area contributed by atoms with Crippen LogP contribution in [0.3, 0.4) is 0 Å². The van der Waals surface area contributed by atoms with E-state index >= 15 is 0 Å². The van der Waals surface area contributed by atoms with Crippen molar-refractivity contribution in [3.8, 4) is 0 Å². The average molecular weight is 461 g/mol. The molecule has 3 aromatic carbocycles. The maximum atomic E-state index is 14.6. The van der Waals surface area contributed by atoms with Crippen LogP contribution in [0.5, 0.6) is 0 Å². The number of ketones is 1. The van der Waals surface area contributed by atoms with Gasteiger partial charge in [-0.2, -0.15) is 0 Å². The van der Waals surface area contributed by atoms with Gasteiger partial charge < -0.3 is 20.1 Å². The quantitative estimate of drug-likeness (QED) is 0.270. The van der Waals surface area contributed by atoms with Crippen LogP contribution < -0.4 is 5.73 Å². The summed E-state index contributed by atoms with van der Waals surface area (Å²) in [6.07, 6.45) is 0. The first-order chi connectivity index (χ1) is 16.3. The Labute approximate surface area is 198 Å².